The Labute approximate surface area is 143 Å². The van der Waals surface area contributed by atoms with Crippen LogP contribution in [0.25, 0.3) is 0 Å². The molecule has 0 saturated heterocycles. The third-order valence-electron chi connectivity index (χ3n) is 3.05. The Balaban J connectivity index is 1.90. The van der Waals surface area contributed by atoms with Gasteiger partial charge >= 0.3 is 0 Å². The first-order valence-corrected chi connectivity index (χ1v) is 8.32. The van der Waals surface area contributed by atoms with Gasteiger partial charge in [-0.3, -0.25) is 14.9 Å². The van der Waals surface area contributed by atoms with Crippen molar-refractivity contribution >= 4 is 29.5 Å². The van der Waals surface area contributed by atoms with Gasteiger partial charge in [-0.05, 0) is 26.0 Å². The highest BCUT2D eigenvalue weighted by atomic mass is 32.2. The van der Waals surface area contributed by atoms with Crippen LogP contribution in [0.15, 0.2) is 29.4 Å². The Morgan fingerprint density at radius 3 is 2.92 bits per heavy atom. The molecule has 0 aliphatic carbocycles. The number of aliphatic hydroxyl groups excluding tert-OH is 1. The maximum atomic E-state index is 12.1. The van der Waals surface area contributed by atoms with Gasteiger partial charge in [0.15, 0.2) is 0 Å². The number of amides is 2. The predicted octanol–water partition coefficient (Wildman–Crippen LogP) is 0.955. The molecule has 0 bridgehead atoms. The smallest absolute Gasteiger partial charge is 0.251 e. The summed E-state index contributed by atoms with van der Waals surface area (Å²) in [5.41, 5.74) is 1.46. The van der Waals surface area contributed by atoms with E-state index in [1.54, 1.807) is 25.1 Å². The van der Waals surface area contributed by atoms with E-state index in [0.717, 1.165) is 5.56 Å². The standard InChI is InChI=1S/C15H19N5O3S/c1-9-4-3-5-11(8-9)13(23)16-10(2)12(22)17-14-18-15(20-19-14)24-7-6-21/h3-5,8,10,21H,6-7H2,1-2H3,(H,16,23)(H2,17,18,19,20,22)/t10-/m0/s1. The molecule has 0 saturated carbocycles. The maximum Gasteiger partial charge on any atom is 0.251 e. The Morgan fingerprint density at radius 1 is 1.42 bits per heavy atom. The number of hydrogen-bond donors (Lipinski definition) is 4. The molecule has 2 aromatic rings. The molecule has 2 amide bonds. The van der Waals surface area contributed by atoms with Crippen LogP contribution in [0.3, 0.4) is 0 Å². The van der Waals surface area contributed by atoms with Crippen molar-refractivity contribution in [3.8, 4) is 0 Å². The van der Waals surface area contributed by atoms with Gasteiger partial charge < -0.3 is 10.4 Å². The normalized spacial score (nSPS) is 11.8. The molecule has 0 aliphatic heterocycles. The minimum atomic E-state index is -0.739. The summed E-state index contributed by atoms with van der Waals surface area (Å²) in [5.74, 6) is -0.0742. The molecule has 0 unspecified atom stereocenters. The molecule has 2 rings (SSSR count). The van der Waals surface area contributed by atoms with Crippen molar-refractivity contribution in [2.24, 2.45) is 0 Å². The van der Waals surface area contributed by atoms with Crippen molar-refractivity contribution < 1.29 is 14.7 Å². The number of aromatic nitrogens is 3. The highest BCUT2D eigenvalue weighted by molar-refractivity contribution is 7.99. The van der Waals surface area contributed by atoms with Crippen molar-refractivity contribution in [1.29, 1.82) is 0 Å². The second-order valence-corrected chi connectivity index (χ2v) is 6.15. The molecule has 128 valence electrons. The van der Waals surface area contributed by atoms with Crippen LogP contribution in [-0.4, -0.2) is 50.5 Å². The molecule has 24 heavy (non-hydrogen) atoms. The van der Waals surface area contributed by atoms with Crippen molar-refractivity contribution in [2.75, 3.05) is 17.7 Å². The van der Waals surface area contributed by atoms with Gasteiger partial charge in [0, 0.05) is 11.3 Å². The van der Waals surface area contributed by atoms with Gasteiger partial charge in [0.05, 0.1) is 6.61 Å². The Bertz CT molecular complexity index is 719. The van der Waals surface area contributed by atoms with Gasteiger partial charge in [-0.1, -0.05) is 29.5 Å². The number of aryl methyl sites for hydroxylation is 1. The number of nitrogens with one attached hydrogen (secondary N) is 3. The number of carbonyl (C=O) groups excluding carboxylic acids is 2. The van der Waals surface area contributed by atoms with Crippen molar-refractivity contribution in [2.45, 2.75) is 25.0 Å². The van der Waals surface area contributed by atoms with E-state index in [9.17, 15) is 9.59 Å². The molecule has 8 nitrogen and oxygen atoms in total. The Hall–Kier alpha value is -2.39. The number of hydrogen-bond acceptors (Lipinski definition) is 6. The Morgan fingerprint density at radius 2 is 2.21 bits per heavy atom. The van der Waals surface area contributed by atoms with E-state index >= 15 is 0 Å². The topological polar surface area (TPSA) is 120 Å². The molecule has 1 aromatic heterocycles. The molecule has 9 heteroatoms. The van der Waals surface area contributed by atoms with Gasteiger partial charge in [-0.15, -0.1) is 5.10 Å². The monoisotopic (exact) mass is 349 g/mol. The van der Waals surface area contributed by atoms with Crippen LogP contribution >= 0.6 is 11.8 Å². The van der Waals surface area contributed by atoms with Gasteiger partial charge in [0.2, 0.25) is 17.0 Å². The SMILES string of the molecule is Cc1cccc(C(=O)N[C@@H](C)C(=O)Nc2nc(SCCO)n[nH]2)c1. The van der Waals surface area contributed by atoms with Gasteiger partial charge in [-0.25, -0.2) is 5.10 Å². The summed E-state index contributed by atoms with van der Waals surface area (Å²) in [7, 11) is 0. The second-order valence-electron chi connectivity index (χ2n) is 5.09. The van der Waals surface area contributed by atoms with Crippen LogP contribution in [0.5, 0.6) is 0 Å². The van der Waals surface area contributed by atoms with E-state index in [1.165, 1.54) is 11.8 Å². The number of H-pyrrole nitrogens is 1. The van der Waals surface area contributed by atoms with Gasteiger partial charge in [-0.2, -0.15) is 4.98 Å². The number of aliphatic hydroxyl groups is 1. The quantitative estimate of drug-likeness (QED) is 0.553. The van der Waals surface area contributed by atoms with E-state index in [4.69, 9.17) is 5.11 Å². The molecular formula is C15H19N5O3S. The largest absolute Gasteiger partial charge is 0.396 e. The van der Waals surface area contributed by atoms with Crippen molar-refractivity contribution in [3.05, 3.63) is 35.4 Å². The second kappa shape index (κ2) is 8.46. The van der Waals surface area contributed by atoms with E-state index in [0.29, 0.717) is 16.5 Å². The first-order chi connectivity index (χ1) is 11.5. The molecule has 0 radical (unpaired) electrons. The average molecular weight is 349 g/mol. The molecule has 0 spiro atoms. The van der Waals surface area contributed by atoms with Crippen LogP contribution in [0.1, 0.15) is 22.8 Å². The minimum absolute atomic E-state index is 0.0168. The van der Waals surface area contributed by atoms with E-state index in [2.05, 4.69) is 25.8 Å². The first kappa shape index (κ1) is 18.0. The Kier molecular flexibility index (Phi) is 6.33. The maximum absolute atomic E-state index is 12.1. The summed E-state index contributed by atoms with van der Waals surface area (Å²) in [5, 5.41) is 20.8. The molecule has 1 aromatic carbocycles. The zero-order chi connectivity index (χ0) is 17.5. The third-order valence-corrected chi connectivity index (χ3v) is 3.88. The fourth-order valence-electron chi connectivity index (χ4n) is 1.86. The van der Waals surface area contributed by atoms with E-state index in [-0.39, 0.29) is 18.5 Å². The van der Waals surface area contributed by atoms with Crippen LogP contribution in [0, 0.1) is 6.92 Å². The summed E-state index contributed by atoms with van der Waals surface area (Å²) in [6.45, 7) is 3.49. The number of anilines is 1. The van der Waals surface area contributed by atoms with Crippen LogP contribution < -0.4 is 10.6 Å². The molecular weight excluding hydrogens is 330 g/mol. The van der Waals surface area contributed by atoms with E-state index < -0.39 is 11.9 Å². The van der Waals surface area contributed by atoms with Crippen LogP contribution in [-0.2, 0) is 4.79 Å². The molecule has 0 fully saturated rings. The number of thioether (sulfide) groups is 1. The number of nitrogens with zero attached hydrogens (tertiary/aromatic N) is 2. The van der Waals surface area contributed by atoms with Crippen molar-refractivity contribution in [3.63, 3.8) is 0 Å². The van der Waals surface area contributed by atoms with Gasteiger partial charge in [0.1, 0.15) is 6.04 Å². The molecule has 4 N–H and O–H groups in total. The zero-order valence-corrected chi connectivity index (χ0v) is 14.2. The lowest BCUT2D eigenvalue weighted by Crippen LogP contribution is -2.41. The summed E-state index contributed by atoms with van der Waals surface area (Å²) < 4.78 is 0. The zero-order valence-electron chi connectivity index (χ0n) is 13.4. The molecule has 0 aliphatic rings. The minimum Gasteiger partial charge on any atom is -0.396 e. The third kappa shape index (κ3) is 5.07. The van der Waals surface area contributed by atoms with Crippen LogP contribution in [0.2, 0.25) is 0 Å². The highest BCUT2D eigenvalue weighted by Gasteiger charge is 2.18. The first-order valence-electron chi connectivity index (χ1n) is 7.34. The van der Waals surface area contributed by atoms with Crippen LogP contribution in [0.4, 0.5) is 5.95 Å². The fraction of sp³-hybridized carbons (Fsp3) is 0.333. The summed E-state index contributed by atoms with van der Waals surface area (Å²) in [6.07, 6.45) is 0. The number of benzene rings is 1. The predicted molar refractivity (Wildman–Crippen MR) is 90.9 cm³/mol. The van der Waals surface area contributed by atoms with Crippen molar-refractivity contribution in [1.82, 2.24) is 20.5 Å². The number of aromatic amines is 1. The lowest BCUT2D eigenvalue weighted by Gasteiger charge is -2.13. The van der Waals surface area contributed by atoms with Gasteiger partial charge in [0.25, 0.3) is 5.91 Å². The highest BCUT2D eigenvalue weighted by Crippen LogP contribution is 2.13. The summed E-state index contributed by atoms with van der Waals surface area (Å²) >= 11 is 1.26. The number of carbonyl (C=O) groups is 2. The lowest BCUT2D eigenvalue weighted by molar-refractivity contribution is -0.117. The average Bonchev–Trinajstić information content (AvgIpc) is 3.00. The lowest BCUT2D eigenvalue weighted by atomic mass is 10.1. The summed E-state index contributed by atoms with van der Waals surface area (Å²) in [4.78, 5) is 28.3. The molecule has 1 atom stereocenters. The fourth-order valence-corrected chi connectivity index (χ4v) is 2.40. The number of rotatable bonds is 7. The summed E-state index contributed by atoms with van der Waals surface area (Å²) in [6, 6.07) is 6.38. The van der Waals surface area contributed by atoms with E-state index in [1.807, 2.05) is 13.0 Å². The molecule has 1 heterocycles.